The molecule has 0 radical (unpaired) electrons. The number of carbonyl (C=O) groups excluding carboxylic acids is 1. The number of esters is 1. The highest BCUT2D eigenvalue weighted by molar-refractivity contribution is 6.30. The van der Waals surface area contributed by atoms with Crippen molar-refractivity contribution in [3.8, 4) is 11.5 Å². The Bertz CT molecular complexity index is 1210. The minimum atomic E-state index is -0.435. The van der Waals surface area contributed by atoms with Gasteiger partial charge in [0.05, 0.1) is 31.0 Å². The first-order valence-corrected chi connectivity index (χ1v) is 11.2. The number of methoxy groups -OCH3 is 1. The molecular weight excluding hydrogens is 440 g/mol. The number of hydrazone groups is 1. The van der Waals surface area contributed by atoms with Crippen molar-refractivity contribution in [1.29, 1.82) is 0 Å². The van der Waals surface area contributed by atoms with E-state index in [2.05, 4.69) is 0 Å². The Hall–Kier alpha value is -3.51. The minimum absolute atomic E-state index is 0.0145. The molecule has 33 heavy (non-hydrogen) atoms. The second-order valence-corrected chi connectivity index (χ2v) is 8.31. The molecule has 3 aromatic carbocycles. The van der Waals surface area contributed by atoms with Gasteiger partial charge in [0.1, 0.15) is 11.5 Å². The zero-order valence-corrected chi connectivity index (χ0v) is 19.1. The summed E-state index contributed by atoms with van der Waals surface area (Å²) < 4.78 is 16.8. The first kappa shape index (κ1) is 21.3. The van der Waals surface area contributed by atoms with Crippen LogP contribution < -0.4 is 9.47 Å². The number of halogens is 1. The highest BCUT2D eigenvalue weighted by atomic mass is 35.5. The second-order valence-electron chi connectivity index (χ2n) is 7.87. The third-order valence-corrected chi connectivity index (χ3v) is 6.10. The van der Waals surface area contributed by atoms with Gasteiger partial charge in [0.2, 0.25) is 6.23 Å². The van der Waals surface area contributed by atoms with Crippen molar-refractivity contribution in [2.24, 2.45) is 5.10 Å². The van der Waals surface area contributed by atoms with Gasteiger partial charge in [-0.2, -0.15) is 5.10 Å². The van der Waals surface area contributed by atoms with Gasteiger partial charge in [0.25, 0.3) is 0 Å². The van der Waals surface area contributed by atoms with E-state index in [9.17, 15) is 4.79 Å². The van der Waals surface area contributed by atoms with E-state index >= 15 is 0 Å². The molecular formula is C26H23ClN2O4. The van der Waals surface area contributed by atoms with Crippen LogP contribution in [-0.4, -0.2) is 30.4 Å². The number of nitrogens with zero attached hydrogens (tertiary/aromatic N) is 2. The lowest BCUT2D eigenvalue weighted by molar-refractivity contribution is -0.0190. The molecule has 0 saturated heterocycles. The highest BCUT2D eigenvalue weighted by Gasteiger charge is 2.41. The van der Waals surface area contributed by atoms with E-state index in [1.165, 1.54) is 7.11 Å². The molecule has 2 heterocycles. The lowest BCUT2D eigenvalue weighted by Gasteiger charge is -2.38. The second kappa shape index (κ2) is 8.79. The van der Waals surface area contributed by atoms with Gasteiger partial charge in [0.15, 0.2) is 0 Å². The SMILES string of the molecule is CCOc1ccc(C2=NN3[C@H](C2)c2cc(Cl)ccc2O[C@H]3c2ccc(C(=O)OC)cc2)cc1. The third-order valence-electron chi connectivity index (χ3n) is 5.87. The number of benzene rings is 3. The first-order valence-electron chi connectivity index (χ1n) is 10.8. The van der Waals surface area contributed by atoms with Crippen molar-refractivity contribution < 1.29 is 19.0 Å². The molecule has 0 amide bonds. The van der Waals surface area contributed by atoms with E-state index in [-0.39, 0.29) is 12.0 Å². The maximum atomic E-state index is 11.8. The Labute approximate surface area is 197 Å². The Kier molecular flexibility index (Phi) is 5.68. The minimum Gasteiger partial charge on any atom is -0.494 e. The topological polar surface area (TPSA) is 60.4 Å². The Balaban J connectivity index is 1.51. The third kappa shape index (κ3) is 4.02. The Morgan fingerprint density at radius 1 is 1.12 bits per heavy atom. The smallest absolute Gasteiger partial charge is 0.337 e. The van der Waals surface area contributed by atoms with Crippen molar-refractivity contribution in [2.75, 3.05) is 13.7 Å². The van der Waals surface area contributed by atoms with Crippen LogP contribution >= 0.6 is 11.6 Å². The summed E-state index contributed by atoms with van der Waals surface area (Å²) in [5.41, 5.74) is 4.40. The maximum Gasteiger partial charge on any atom is 0.337 e. The first-order chi connectivity index (χ1) is 16.1. The van der Waals surface area contributed by atoms with E-state index in [0.29, 0.717) is 17.2 Å². The van der Waals surface area contributed by atoms with E-state index in [4.69, 9.17) is 30.9 Å². The molecule has 168 valence electrons. The maximum absolute atomic E-state index is 11.8. The molecule has 7 heteroatoms. The van der Waals surface area contributed by atoms with Crippen molar-refractivity contribution in [3.63, 3.8) is 0 Å². The molecule has 0 N–H and O–H groups in total. The molecule has 0 saturated carbocycles. The summed E-state index contributed by atoms with van der Waals surface area (Å²) in [6, 6.07) is 20.9. The van der Waals surface area contributed by atoms with E-state index in [1.54, 1.807) is 12.1 Å². The standard InChI is InChI=1S/C26H23ClN2O4/c1-3-32-20-11-8-16(9-12-20)22-15-23-21-14-19(27)10-13-24(21)33-25(29(23)28-22)17-4-6-18(7-5-17)26(30)31-2/h4-14,23,25H,3,15H2,1-2H3/t23-,25+/m1/s1. The van der Waals surface area contributed by atoms with Crippen LogP contribution in [0.3, 0.4) is 0 Å². The fourth-order valence-electron chi connectivity index (χ4n) is 4.26. The number of carbonyl (C=O) groups is 1. The highest BCUT2D eigenvalue weighted by Crippen LogP contribution is 2.48. The molecule has 2 atom stereocenters. The molecule has 3 aromatic rings. The summed E-state index contributed by atoms with van der Waals surface area (Å²) in [7, 11) is 1.37. The van der Waals surface area contributed by atoms with Crippen LogP contribution in [0.15, 0.2) is 71.8 Å². The van der Waals surface area contributed by atoms with Crippen LogP contribution in [0.2, 0.25) is 5.02 Å². The quantitative estimate of drug-likeness (QED) is 0.450. The average Bonchev–Trinajstić information content (AvgIpc) is 3.30. The van der Waals surface area contributed by atoms with Crippen LogP contribution in [0.25, 0.3) is 0 Å². The summed E-state index contributed by atoms with van der Waals surface area (Å²) >= 11 is 6.31. The van der Waals surface area contributed by atoms with Crippen molar-refractivity contribution >= 4 is 23.3 Å². The summed E-state index contributed by atoms with van der Waals surface area (Å²) in [4.78, 5) is 11.8. The van der Waals surface area contributed by atoms with Crippen molar-refractivity contribution in [1.82, 2.24) is 5.01 Å². The Morgan fingerprint density at radius 2 is 1.88 bits per heavy atom. The lowest BCUT2D eigenvalue weighted by Crippen LogP contribution is -2.33. The molecule has 0 fully saturated rings. The van der Waals surface area contributed by atoms with Crippen molar-refractivity contribution in [2.45, 2.75) is 25.6 Å². The number of hydrogen-bond acceptors (Lipinski definition) is 6. The van der Waals surface area contributed by atoms with Gasteiger partial charge >= 0.3 is 5.97 Å². The van der Waals surface area contributed by atoms with E-state index < -0.39 is 6.23 Å². The molecule has 2 aliphatic heterocycles. The predicted octanol–water partition coefficient (Wildman–Crippen LogP) is 5.77. The van der Waals surface area contributed by atoms with Crippen LogP contribution in [0, 0.1) is 0 Å². The van der Waals surface area contributed by atoms with Gasteiger partial charge in [-0.15, -0.1) is 0 Å². The van der Waals surface area contributed by atoms with Crippen LogP contribution in [0.4, 0.5) is 0 Å². The van der Waals surface area contributed by atoms with Gasteiger partial charge in [-0.05, 0) is 67.1 Å². The van der Waals surface area contributed by atoms with Crippen molar-refractivity contribution in [3.05, 3.63) is 94.0 Å². The van der Waals surface area contributed by atoms with Crippen LogP contribution in [0.1, 0.15) is 52.7 Å². The average molecular weight is 463 g/mol. The molecule has 0 spiro atoms. The molecule has 0 aliphatic carbocycles. The molecule has 0 bridgehead atoms. The monoisotopic (exact) mass is 462 g/mol. The summed E-state index contributed by atoms with van der Waals surface area (Å²) in [6.45, 7) is 2.59. The van der Waals surface area contributed by atoms with Gasteiger partial charge in [0, 0.05) is 22.6 Å². The summed E-state index contributed by atoms with van der Waals surface area (Å²) in [5.74, 6) is 1.24. The lowest BCUT2D eigenvalue weighted by atomic mass is 9.95. The van der Waals surface area contributed by atoms with E-state index in [1.807, 2.05) is 66.5 Å². The van der Waals surface area contributed by atoms with E-state index in [0.717, 1.165) is 40.3 Å². The molecule has 0 unspecified atom stereocenters. The number of rotatable bonds is 5. The number of ether oxygens (including phenoxy) is 3. The largest absolute Gasteiger partial charge is 0.494 e. The number of hydrogen-bond donors (Lipinski definition) is 0. The zero-order valence-electron chi connectivity index (χ0n) is 18.3. The molecule has 0 aromatic heterocycles. The van der Waals surface area contributed by atoms with Gasteiger partial charge in [-0.3, -0.25) is 0 Å². The zero-order chi connectivity index (χ0) is 22.9. The van der Waals surface area contributed by atoms with Gasteiger partial charge < -0.3 is 14.2 Å². The fraction of sp³-hybridized carbons (Fsp3) is 0.231. The Morgan fingerprint density at radius 3 is 2.58 bits per heavy atom. The van der Waals surface area contributed by atoms with Crippen LogP contribution in [-0.2, 0) is 4.74 Å². The molecule has 6 nitrogen and oxygen atoms in total. The number of fused-ring (bicyclic) bond motifs is 3. The summed E-state index contributed by atoms with van der Waals surface area (Å²) in [6.07, 6.45) is 0.289. The normalized spacial score (nSPS) is 18.6. The van der Waals surface area contributed by atoms with Gasteiger partial charge in [-0.25, -0.2) is 9.80 Å². The molecule has 2 aliphatic rings. The summed E-state index contributed by atoms with van der Waals surface area (Å²) in [5, 5.41) is 7.61. The predicted molar refractivity (Wildman–Crippen MR) is 126 cm³/mol. The molecule has 5 rings (SSSR count). The van der Waals surface area contributed by atoms with Crippen LogP contribution in [0.5, 0.6) is 11.5 Å². The van der Waals surface area contributed by atoms with Gasteiger partial charge in [-0.1, -0.05) is 23.7 Å². The fourth-order valence-corrected chi connectivity index (χ4v) is 4.45.